The Morgan fingerprint density at radius 1 is 1.18 bits per heavy atom. The van der Waals surface area contributed by atoms with Gasteiger partial charge in [0, 0.05) is 18.3 Å². The van der Waals surface area contributed by atoms with E-state index in [2.05, 4.69) is 4.98 Å². The van der Waals surface area contributed by atoms with Crippen LogP contribution in [0.2, 0.25) is 0 Å². The summed E-state index contributed by atoms with van der Waals surface area (Å²) < 4.78 is 11.7. The van der Waals surface area contributed by atoms with Crippen LogP contribution in [0.25, 0.3) is 6.08 Å². The molecule has 1 aliphatic rings. The molecule has 3 aromatic rings. The summed E-state index contributed by atoms with van der Waals surface area (Å²) in [6.07, 6.45) is 4.97. The third-order valence-corrected chi connectivity index (χ3v) is 6.03. The molecule has 0 bridgehead atoms. The third kappa shape index (κ3) is 5.02. The normalized spacial score (nSPS) is 14.6. The number of amides is 1. The first kappa shape index (κ1) is 22.4. The van der Waals surface area contributed by atoms with E-state index in [0.717, 1.165) is 11.1 Å². The van der Waals surface area contributed by atoms with Crippen molar-refractivity contribution in [3.05, 3.63) is 93.1 Å². The fourth-order valence-electron chi connectivity index (χ4n) is 3.10. The third-order valence-electron chi connectivity index (χ3n) is 4.72. The van der Waals surface area contributed by atoms with E-state index in [4.69, 9.17) is 21.7 Å². The number of carbonyl (C=O) groups is 1. The van der Waals surface area contributed by atoms with E-state index in [0.29, 0.717) is 26.4 Å². The maximum absolute atomic E-state index is 12.9. The van der Waals surface area contributed by atoms with Gasteiger partial charge in [-0.25, -0.2) is 0 Å². The predicted molar refractivity (Wildman–Crippen MR) is 130 cm³/mol. The molecule has 1 aliphatic heterocycles. The van der Waals surface area contributed by atoms with Crippen molar-refractivity contribution in [2.75, 3.05) is 12.0 Å². The predicted octanol–water partition coefficient (Wildman–Crippen LogP) is 4.98. The molecule has 1 saturated heterocycles. The van der Waals surface area contributed by atoms with Crippen LogP contribution in [0.5, 0.6) is 11.5 Å². The Balaban J connectivity index is 1.49. The van der Waals surface area contributed by atoms with E-state index in [9.17, 15) is 14.9 Å². The Hall–Kier alpha value is -3.76. The second kappa shape index (κ2) is 9.80. The topological polar surface area (TPSA) is 94.8 Å². The lowest BCUT2D eigenvalue weighted by Gasteiger charge is -2.13. The number of aromatic nitrogens is 1. The Morgan fingerprint density at radius 3 is 2.64 bits per heavy atom. The number of nitro groups is 1. The molecule has 166 valence electrons. The maximum atomic E-state index is 12.9. The van der Waals surface area contributed by atoms with Crippen LogP contribution in [0, 0.1) is 10.1 Å². The largest absolute Gasteiger partial charge is 0.493 e. The molecular weight excluding hydrogens is 462 g/mol. The number of nitro benzene ring substituents is 1. The second-order valence-electron chi connectivity index (χ2n) is 6.85. The molecule has 0 saturated carbocycles. The summed E-state index contributed by atoms with van der Waals surface area (Å²) in [5.74, 6) is 0.791. The zero-order valence-electron chi connectivity index (χ0n) is 17.3. The number of hydrogen-bond acceptors (Lipinski definition) is 8. The highest BCUT2D eigenvalue weighted by Crippen LogP contribution is 2.37. The highest BCUT2D eigenvalue weighted by atomic mass is 32.2. The molecule has 33 heavy (non-hydrogen) atoms. The van der Waals surface area contributed by atoms with Gasteiger partial charge in [-0.05, 0) is 53.6 Å². The zero-order valence-corrected chi connectivity index (χ0v) is 19.0. The standard InChI is InChI=1S/C23H17N3O5S2/c1-30-20-11-16(6-9-19(20)31-14-15-4-7-17(8-5-15)26(28)29)12-21-22(27)25(23(32)33-21)18-3-2-10-24-13-18/h2-13H,14H2,1H3/b21-12-. The molecule has 0 atom stereocenters. The molecule has 10 heteroatoms. The Kier molecular flexibility index (Phi) is 6.66. The summed E-state index contributed by atoms with van der Waals surface area (Å²) in [6.45, 7) is 0.220. The molecule has 0 N–H and O–H groups in total. The molecule has 0 radical (unpaired) electrons. The highest BCUT2D eigenvalue weighted by Gasteiger charge is 2.33. The fourth-order valence-corrected chi connectivity index (χ4v) is 4.39. The molecule has 2 heterocycles. The first-order valence-corrected chi connectivity index (χ1v) is 10.9. The number of thioether (sulfide) groups is 1. The van der Waals surface area contributed by atoms with Gasteiger partial charge in [0.2, 0.25) is 0 Å². The van der Waals surface area contributed by atoms with Crippen LogP contribution in [-0.2, 0) is 11.4 Å². The summed E-state index contributed by atoms with van der Waals surface area (Å²) in [6, 6.07) is 15.0. The molecule has 2 aromatic carbocycles. The Bertz CT molecular complexity index is 1250. The molecule has 0 spiro atoms. The minimum Gasteiger partial charge on any atom is -0.493 e. The Morgan fingerprint density at radius 2 is 1.97 bits per heavy atom. The smallest absolute Gasteiger partial charge is 0.270 e. The van der Waals surface area contributed by atoms with E-state index in [1.165, 1.54) is 35.9 Å². The molecule has 1 aromatic heterocycles. The van der Waals surface area contributed by atoms with Gasteiger partial charge < -0.3 is 9.47 Å². The summed E-state index contributed by atoms with van der Waals surface area (Å²) in [5.41, 5.74) is 2.18. The SMILES string of the molecule is COc1cc(/C=C2\SC(=S)N(c3cccnc3)C2=O)ccc1OCc1ccc([N+](=O)[O-])cc1. The summed E-state index contributed by atoms with van der Waals surface area (Å²) >= 11 is 6.60. The number of ether oxygens (including phenoxy) is 2. The van der Waals surface area contributed by atoms with E-state index in [1.807, 2.05) is 6.07 Å². The van der Waals surface area contributed by atoms with Crippen LogP contribution in [0.15, 0.2) is 71.9 Å². The average Bonchev–Trinajstić information content (AvgIpc) is 3.11. The molecule has 0 unspecified atom stereocenters. The van der Waals surface area contributed by atoms with Gasteiger partial charge in [0.15, 0.2) is 15.8 Å². The van der Waals surface area contributed by atoms with Crippen LogP contribution in [-0.4, -0.2) is 27.2 Å². The number of rotatable bonds is 7. The van der Waals surface area contributed by atoms with E-state index < -0.39 is 4.92 Å². The number of non-ortho nitro benzene ring substituents is 1. The van der Waals surface area contributed by atoms with Crippen LogP contribution in [0.3, 0.4) is 0 Å². The minimum absolute atomic E-state index is 0.0228. The van der Waals surface area contributed by atoms with Gasteiger partial charge in [0.05, 0.1) is 28.8 Å². The second-order valence-corrected chi connectivity index (χ2v) is 8.53. The molecule has 1 amide bonds. The van der Waals surface area contributed by atoms with Crippen molar-refractivity contribution in [3.8, 4) is 11.5 Å². The van der Waals surface area contributed by atoms with Crippen molar-refractivity contribution >= 4 is 51.7 Å². The first-order valence-electron chi connectivity index (χ1n) is 9.68. The van der Waals surface area contributed by atoms with Gasteiger partial charge in [-0.1, -0.05) is 30.0 Å². The van der Waals surface area contributed by atoms with Gasteiger partial charge in [-0.15, -0.1) is 0 Å². The average molecular weight is 480 g/mol. The molecule has 0 aliphatic carbocycles. The molecule has 8 nitrogen and oxygen atoms in total. The fraction of sp³-hybridized carbons (Fsp3) is 0.0870. The van der Waals surface area contributed by atoms with Crippen LogP contribution >= 0.6 is 24.0 Å². The van der Waals surface area contributed by atoms with Crippen molar-refractivity contribution in [3.63, 3.8) is 0 Å². The molecular formula is C23H17N3O5S2. The van der Waals surface area contributed by atoms with E-state index in [-0.39, 0.29) is 18.2 Å². The number of carbonyl (C=O) groups excluding carboxylic acids is 1. The van der Waals surface area contributed by atoms with Crippen molar-refractivity contribution in [1.82, 2.24) is 4.98 Å². The summed E-state index contributed by atoms with van der Waals surface area (Å²) in [5, 5.41) is 10.8. The number of thiocarbonyl (C=S) groups is 1. The maximum Gasteiger partial charge on any atom is 0.270 e. The van der Waals surface area contributed by atoms with E-state index in [1.54, 1.807) is 54.9 Å². The Labute approximate surface area is 199 Å². The summed E-state index contributed by atoms with van der Waals surface area (Å²) in [7, 11) is 1.53. The zero-order chi connectivity index (χ0) is 23.4. The van der Waals surface area contributed by atoms with Crippen molar-refractivity contribution in [1.29, 1.82) is 0 Å². The van der Waals surface area contributed by atoms with Gasteiger partial charge >= 0.3 is 0 Å². The van der Waals surface area contributed by atoms with Crippen LogP contribution in [0.1, 0.15) is 11.1 Å². The number of nitrogens with zero attached hydrogens (tertiary/aromatic N) is 3. The minimum atomic E-state index is -0.447. The lowest BCUT2D eigenvalue weighted by atomic mass is 10.1. The van der Waals surface area contributed by atoms with Gasteiger partial charge in [0.1, 0.15) is 6.61 Å². The number of methoxy groups -OCH3 is 1. The van der Waals surface area contributed by atoms with Crippen LogP contribution in [0.4, 0.5) is 11.4 Å². The summed E-state index contributed by atoms with van der Waals surface area (Å²) in [4.78, 5) is 29.2. The first-order chi connectivity index (χ1) is 16.0. The van der Waals surface area contributed by atoms with Gasteiger partial charge in [-0.2, -0.15) is 0 Å². The van der Waals surface area contributed by atoms with Crippen molar-refractivity contribution < 1.29 is 19.2 Å². The van der Waals surface area contributed by atoms with E-state index >= 15 is 0 Å². The number of anilines is 1. The number of benzene rings is 2. The monoisotopic (exact) mass is 479 g/mol. The number of hydrogen-bond donors (Lipinski definition) is 0. The van der Waals surface area contributed by atoms with Crippen molar-refractivity contribution in [2.45, 2.75) is 6.61 Å². The van der Waals surface area contributed by atoms with Gasteiger partial charge in [0.25, 0.3) is 11.6 Å². The molecule has 1 fully saturated rings. The number of pyridine rings is 1. The molecule has 4 rings (SSSR count). The lowest BCUT2D eigenvalue weighted by molar-refractivity contribution is -0.384. The lowest BCUT2D eigenvalue weighted by Crippen LogP contribution is -2.27. The highest BCUT2D eigenvalue weighted by molar-refractivity contribution is 8.27. The van der Waals surface area contributed by atoms with Crippen molar-refractivity contribution in [2.24, 2.45) is 0 Å². The quantitative estimate of drug-likeness (QED) is 0.203. The van der Waals surface area contributed by atoms with Crippen LogP contribution < -0.4 is 14.4 Å². The van der Waals surface area contributed by atoms with Gasteiger partial charge in [-0.3, -0.25) is 24.8 Å².